The van der Waals surface area contributed by atoms with Gasteiger partial charge in [-0.1, -0.05) is 202 Å². The third-order valence-corrected chi connectivity index (χ3v) is 28.4. The molecule has 5 heterocycles. The Hall–Kier alpha value is -10.3. The maximum Gasteiger partial charge on any atom is 0.270 e. The molecule has 0 fully saturated rings. The van der Waals surface area contributed by atoms with Gasteiger partial charge in [0, 0.05) is 69.8 Å². The van der Waals surface area contributed by atoms with Crippen molar-refractivity contribution >= 4 is 123 Å². The number of aryl methyl sites for hydroxylation is 4. The number of allylic oxidation sites excluding steroid dienone is 6. The molecular formula is C94H76F4N6O2S5. The Morgan fingerprint density at radius 3 is 1.10 bits per heavy atom. The first-order valence-electron chi connectivity index (χ1n) is 38.6. The van der Waals surface area contributed by atoms with Crippen molar-refractivity contribution in [3.8, 4) is 31.6 Å². The Balaban J connectivity index is 1.01. The quantitative estimate of drug-likeness (QED) is 0.0175. The number of hydrogen-bond donors (Lipinski definition) is 0. The lowest BCUT2D eigenvalue weighted by Gasteiger charge is -2.34. The molecule has 0 saturated carbocycles. The first-order valence-corrected chi connectivity index (χ1v) is 42.6. The second-order valence-corrected chi connectivity index (χ2v) is 34.3. The van der Waals surface area contributed by atoms with E-state index in [1.807, 2.05) is 12.1 Å². The number of aromatic nitrogens is 2. The van der Waals surface area contributed by atoms with Gasteiger partial charge >= 0.3 is 0 Å². The van der Waals surface area contributed by atoms with Crippen LogP contribution in [-0.4, -0.2) is 20.3 Å². The molecule has 0 unspecified atom stereocenters. The molecule has 0 bridgehead atoms. The van der Waals surface area contributed by atoms with E-state index in [-0.39, 0.29) is 44.5 Å². The molecule has 552 valence electrons. The molecule has 4 aliphatic carbocycles. The predicted molar refractivity (Wildman–Crippen MR) is 446 cm³/mol. The Bertz CT molecular complexity index is 5970. The molecule has 0 atom stereocenters. The fourth-order valence-electron chi connectivity index (χ4n) is 17.6. The summed E-state index contributed by atoms with van der Waals surface area (Å²) in [5.74, 6) is -6.09. The molecule has 7 aromatic carbocycles. The van der Waals surface area contributed by atoms with Gasteiger partial charge in [-0.3, -0.25) is 9.59 Å². The van der Waals surface area contributed by atoms with Crippen LogP contribution < -0.4 is 0 Å². The number of carbonyl (C=O) groups excluding carboxylic acids is 2. The zero-order valence-corrected chi connectivity index (χ0v) is 66.1. The summed E-state index contributed by atoms with van der Waals surface area (Å²) in [5.41, 5.74) is 11.0. The summed E-state index contributed by atoms with van der Waals surface area (Å²) >= 11 is 7.52. The van der Waals surface area contributed by atoms with E-state index in [2.05, 4.69) is 147 Å². The van der Waals surface area contributed by atoms with Gasteiger partial charge in [0.2, 0.25) is 0 Å². The smallest absolute Gasteiger partial charge is 0.270 e. The maximum absolute atomic E-state index is 15.4. The number of ketones is 2. The minimum absolute atomic E-state index is 0.00789. The Kier molecular flexibility index (Phi) is 20.9. The third kappa shape index (κ3) is 12.5. The highest BCUT2D eigenvalue weighted by atomic mass is 32.1. The molecule has 0 spiro atoms. The minimum atomic E-state index is -1.22. The molecule has 16 rings (SSSR count). The van der Waals surface area contributed by atoms with Crippen LogP contribution in [0.15, 0.2) is 156 Å². The number of Topliss-reactive ketones (excluding diaryl/α,β-unsaturated/α-hetero) is 2. The zero-order valence-electron chi connectivity index (χ0n) is 62.1. The number of nitriles is 2. The van der Waals surface area contributed by atoms with Crippen molar-refractivity contribution in [2.75, 3.05) is 0 Å². The average Bonchev–Trinajstić information content (AvgIpc) is 1.49. The van der Waals surface area contributed by atoms with E-state index in [4.69, 9.17) is 21.9 Å². The number of carbonyl (C=O) groups is 2. The van der Waals surface area contributed by atoms with Crippen LogP contribution in [0.3, 0.4) is 0 Å². The SMILES string of the molecule is [C-]#[N+]/C(C#N)=C1\C(=C\c2cc3c(s2)-c2sc4c(c2C3(c2ccc(CCCCCC)cc2)c2ccc(CCCCCC)cc2)c2nsnc2c2sc3c(c24)C(c2ccc(CCCCCC)cc2)(c2ccc(CCCCCC)cc2)c2cc(/C=C4\C(=O)c5cc(F)c(F)cc5\C4=C(\C#N)[N+]#[C-])sc2-3)C(=O)c2cc(F)c(F)cc21. The van der Waals surface area contributed by atoms with E-state index in [1.165, 1.54) is 56.7 Å². The van der Waals surface area contributed by atoms with Gasteiger partial charge in [-0.15, -0.1) is 45.3 Å². The summed E-state index contributed by atoms with van der Waals surface area (Å²) in [6.07, 6.45) is 24.7. The standard InChI is InChI=1S/C94H76F4N6O2S5/c1-7-11-15-19-23-53-27-35-57(36-28-53)93(58-37-29-54(30-38-58)24-20-16-12-8-2)69-45-61(43-67-77(75(51-99)101-5)63-47-71(95)73(97)49-65(63)85(67)105)107-87(69)91-81(93)79-83-84(104-111-103-83)90-80(89(79)109-91)82-92(110-90)88-70(46-62(108-88)44-68-78(76(52-100)102-6)64-48-72(96)74(98)50-66(64)86(68)106)94(82,59-39-31-55(32-40-59)25-21-17-13-9-3)60-41-33-56(34-42-60)26-22-18-14-10-4/h27-50H,7-26H2,1-4H3/b67-43-,68-44-,77-75-,78-76+. The zero-order chi connectivity index (χ0) is 77.0. The second kappa shape index (κ2) is 31.1. The van der Waals surface area contributed by atoms with Gasteiger partial charge in [0.25, 0.3) is 11.4 Å². The summed E-state index contributed by atoms with van der Waals surface area (Å²) in [5, 5.41) is 23.0. The molecule has 5 aromatic heterocycles. The topological polar surface area (TPSA) is 116 Å². The van der Waals surface area contributed by atoms with Gasteiger partial charge < -0.3 is 0 Å². The van der Waals surface area contributed by atoms with Crippen molar-refractivity contribution in [3.05, 3.63) is 301 Å². The molecule has 17 heteroatoms. The van der Waals surface area contributed by atoms with Gasteiger partial charge in [0.15, 0.2) is 34.8 Å². The lowest BCUT2D eigenvalue weighted by molar-refractivity contribution is 0.103. The van der Waals surface area contributed by atoms with E-state index in [1.54, 1.807) is 34.8 Å². The lowest BCUT2D eigenvalue weighted by Crippen LogP contribution is -2.29. The average molecular weight is 1560 g/mol. The van der Waals surface area contributed by atoms with Gasteiger partial charge in [-0.05, 0) is 167 Å². The fraction of sp³-hybridized carbons (Fsp3) is 0.277. The van der Waals surface area contributed by atoms with Crippen molar-refractivity contribution in [2.24, 2.45) is 0 Å². The monoisotopic (exact) mass is 1560 g/mol. The molecule has 0 aliphatic heterocycles. The highest BCUT2D eigenvalue weighted by Gasteiger charge is 2.54. The van der Waals surface area contributed by atoms with E-state index < -0.39 is 57.1 Å². The number of fused-ring (bicyclic) bond motifs is 16. The van der Waals surface area contributed by atoms with Gasteiger partial charge in [-0.25, -0.2) is 37.8 Å². The van der Waals surface area contributed by atoms with E-state index in [0.717, 1.165) is 248 Å². The van der Waals surface area contributed by atoms with E-state index in [9.17, 15) is 20.1 Å². The fourth-order valence-corrected chi connectivity index (χ4v) is 23.7. The molecule has 4 aliphatic rings. The number of benzene rings is 7. The van der Waals surface area contributed by atoms with E-state index in [0.29, 0.717) is 9.75 Å². The second-order valence-electron chi connectivity index (χ2n) is 29.6. The first kappa shape index (κ1) is 74.7. The summed E-state index contributed by atoms with van der Waals surface area (Å²) in [7, 11) is 0. The van der Waals surface area contributed by atoms with Gasteiger partial charge in [0.1, 0.15) is 11.0 Å². The highest BCUT2D eigenvalue weighted by Crippen LogP contribution is 2.69. The number of nitrogens with zero attached hydrogens (tertiary/aromatic N) is 6. The number of hydrogen-bond acceptors (Lipinski definition) is 11. The Labute approximate surface area is 664 Å². The van der Waals surface area contributed by atoms with Crippen molar-refractivity contribution in [1.29, 1.82) is 10.5 Å². The lowest BCUT2D eigenvalue weighted by atomic mass is 9.66. The van der Waals surface area contributed by atoms with Crippen molar-refractivity contribution in [1.82, 2.24) is 8.75 Å². The minimum Gasteiger partial charge on any atom is -0.289 e. The number of unbranched alkanes of at least 4 members (excludes halogenated alkanes) is 12. The highest BCUT2D eigenvalue weighted by molar-refractivity contribution is 7.30. The largest absolute Gasteiger partial charge is 0.289 e. The maximum atomic E-state index is 15.4. The normalized spacial score (nSPS) is 15.8. The Morgan fingerprint density at radius 2 is 0.757 bits per heavy atom. The number of halogens is 4. The predicted octanol–water partition coefficient (Wildman–Crippen LogP) is 26.9. The van der Waals surface area contributed by atoms with Gasteiger partial charge in [0.05, 0.1) is 72.0 Å². The van der Waals surface area contributed by atoms with Crippen LogP contribution in [0.2, 0.25) is 0 Å². The summed E-state index contributed by atoms with van der Waals surface area (Å²) in [6, 6.07) is 48.1. The molecule has 0 saturated heterocycles. The van der Waals surface area contributed by atoms with Crippen LogP contribution in [0.1, 0.15) is 239 Å². The molecule has 12 aromatic rings. The Morgan fingerprint density at radius 1 is 0.423 bits per heavy atom. The number of thiophene rings is 4. The van der Waals surface area contributed by atoms with Crippen LogP contribution in [0.25, 0.3) is 83.7 Å². The van der Waals surface area contributed by atoms with Crippen LogP contribution in [0.5, 0.6) is 0 Å². The number of rotatable bonds is 26. The first-order chi connectivity index (χ1) is 54.2. The summed E-state index contributed by atoms with van der Waals surface area (Å²) < 4.78 is 74.0. The van der Waals surface area contributed by atoms with Crippen molar-refractivity contribution in [3.63, 3.8) is 0 Å². The molecule has 111 heavy (non-hydrogen) atoms. The molecule has 0 amide bonds. The van der Waals surface area contributed by atoms with Gasteiger partial charge in [-0.2, -0.15) is 8.75 Å². The van der Waals surface area contributed by atoms with Crippen LogP contribution >= 0.6 is 57.1 Å². The van der Waals surface area contributed by atoms with Crippen molar-refractivity contribution < 1.29 is 27.2 Å². The van der Waals surface area contributed by atoms with Crippen LogP contribution in [0, 0.1) is 59.1 Å². The molecule has 8 nitrogen and oxygen atoms in total. The molecular weight excluding hydrogens is 1480 g/mol. The molecule has 0 N–H and O–H groups in total. The summed E-state index contributed by atoms with van der Waals surface area (Å²) in [6.45, 7) is 25.2. The molecule has 0 radical (unpaired) electrons. The third-order valence-electron chi connectivity index (χ3n) is 22.9. The van der Waals surface area contributed by atoms with Crippen LogP contribution in [-0.2, 0) is 36.5 Å². The van der Waals surface area contributed by atoms with Crippen molar-refractivity contribution in [2.45, 2.75) is 167 Å². The van der Waals surface area contributed by atoms with E-state index >= 15 is 17.6 Å². The van der Waals surface area contributed by atoms with Crippen LogP contribution in [0.4, 0.5) is 17.6 Å². The summed E-state index contributed by atoms with van der Waals surface area (Å²) in [4.78, 5) is 41.9.